The van der Waals surface area contributed by atoms with E-state index >= 15 is 0 Å². The largest absolute Gasteiger partial charge is 0.489 e. The van der Waals surface area contributed by atoms with E-state index in [0.29, 0.717) is 37.7 Å². The number of hydrogen-bond donors (Lipinski definition) is 2. The van der Waals surface area contributed by atoms with Crippen LogP contribution in [0.4, 0.5) is 0 Å². The summed E-state index contributed by atoms with van der Waals surface area (Å²) < 4.78 is 16.9. The van der Waals surface area contributed by atoms with Crippen molar-refractivity contribution in [3.63, 3.8) is 0 Å². The van der Waals surface area contributed by atoms with Crippen molar-refractivity contribution in [3.05, 3.63) is 111 Å². The number of ether oxygens (including phenoxy) is 2. The van der Waals surface area contributed by atoms with Gasteiger partial charge in [-0.1, -0.05) is 42.5 Å². The molecule has 4 aromatic rings. The number of carbonyl (C=O) groups excluding carboxylic acids is 1. The third-order valence-electron chi connectivity index (χ3n) is 5.43. The zero-order chi connectivity index (χ0) is 25.3. The standard InChI is InChI=1S/C27H27N3O6/c1-2-34-15-14-28-25(31)22-10-8-21(9-11-22)23-5-3-4-20(16-23)18-35-24-12-6-19(7-13-24)17-30-26(32)29-27(33)36-30/h3-13,16H,2,14-15,17-18H2,1H3,(H,28,31)(H,29,32,33). The normalized spacial score (nSPS) is 10.8. The zero-order valence-corrected chi connectivity index (χ0v) is 19.9. The van der Waals surface area contributed by atoms with E-state index in [1.54, 1.807) is 24.3 Å². The smallest absolute Gasteiger partial charge is 0.440 e. The molecular formula is C27H27N3O6. The van der Waals surface area contributed by atoms with Crippen LogP contribution >= 0.6 is 0 Å². The second-order valence-corrected chi connectivity index (χ2v) is 8.01. The summed E-state index contributed by atoms with van der Waals surface area (Å²) in [5.41, 5.74) is 3.82. The summed E-state index contributed by atoms with van der Waals surface area (Å²) in [4.78, 5) is 37.0. The molecule has 0 radical (unpaired) electrons. The molecule has 36 heavy (non-hydrogen) atoms. The Bertz CT molecular complexity index is 1400. The highest BCUT2D eigenvalue weighted by Gasteiger charge is 2.07. The van der Waals surface area contributed by atoms with E-state index in [9.17, 15) is 14.4 Å². The first kappa shape index (κ1) is 24.7. The minimum absolute atomic E-state index is 0.126. The van der Waals surface area contributed by atoms with Crippen LogP contribution < -0.4 is 21.5 Å². The van der Waals surface area contributed by atoms with E-state index in [4.69, 9.17) is 14.0 Å². The third-order valence-corrected chi connectivity index (χ3v) is 5.43. The number of carbonyl (C=O) groups is 1. The molecule has 0 unspecified atom stereocenters. The Morgan fingerprint density at radius 2 is 1.75 bits per heavy atom. The highest BCUT2D eigenvalue weighted by atomic mass is 16.5. The molecule has 0 saturated carbocycles. The van der Waals surface area contributed by atoms with E-state index in [1.807, 2.05) is 55.5 Å². The van der Waals surface area contributed by atoms with Crippen molar-refractivity contribution in [2.75, 3.05) is 19.8 Å². The molecule has 0 fully saturated rings. The van der Waals surface area contributed by atoms with Crippen LogP contribution in [0.2, 0.25) is 0 Å². The van der Waals surface area contributed by atoms with Crippen LogP contribution in [0.3, 0.4) is 0 Å². The lowest BCUT2D eigenvalue weighted by Crippen LogP contribution is -2.27. The quantitative estimate of drug-likeness (QED) is 0.313. The molecule has 1 amide bonds. The predicted octanol–water partition coefficient (Wildman–Crippen LogP) is 3.19. The average Bonchev–Trinajstić information content (AvgIpc) is 3.22. The number of aromatic nitrogens is 2. The van der Waals surface area contributed by atoms with E-state index < -0.39 is 11.4 Å². The molecule has 0 atom stereocenters. The molecule has 0 bridgehead atoms. The number of benzene rings is 3. The molecule has 0 aliphatic carbocycles. The van der Waals surface area contributed by atoms with Crippen molar-refractivity contribution >= 4 is 5.91 Å². The Kier molecular flexibility index (Phi) is 8.15. The highest BCUT2D eigenvalue weighted by Crippen LogP contribution is 2.22. The molecule has 3 aromatic carbocycles. The molecule has 9 heteroatoms. The van der Waals surface area contributed by atoms with Crippen molar-refractivity contribution in [1.29, 1.82) is 0 Å². The summed E-state index contributed by atoms with van der Waals surface area (Å²) in [7, 11) is 0. The first-order chi connectivity index (χ1) is 17.5. The first-order valence-electron chi connectivity index (χ1n) is 11.6. The second kappa shape index (κ2) is 11.9. The molecule has 0 spiro atoms. The Hall–Kier alpha value is -4.37. The number of hydrogen-bond acceptors (Lipinski definition) is 6. The first-order valence-corrected chi connectivity index (χ1v) is 11.6. The Labute approximate surface area is 207 Å². The number of rotatable bonds is 11. The van der Waals surface area contributed by atoms with Gasteiger partial charge in [-0.25, -0.2) is 14.6 Å². The van der Waals surface area contributed by atoms with Gasteiger partial charge in [-0.3, -0.25) is 4.79 Å². The number of amides is 1. The fourth-order valence-electron chi connectivity index (χ4n) is 3.58. The van der Waals surface area contributed by atoms with Crippen molar-refractivity contribution in [1.82, 2.24) is 15.0 Å². The number of aromatic amines is 1. The topological polar surface area (TPSA) is 116 Å². The summed E-state index contributed by atoms with van der Waals surface area (Å²) in [6.07, 6.45) is 0. The fourth-order valence-corrected chi connectivity index (χ4v) is 3.58. The summed E-state index contributed by atoms with van der Waals surface area (Å²) in [5.74, 6) is -0.233. The maximum Gasteiger partial charge on any atom is 0.440 e. The summed E-state index contributed by atoms with van der Waals surface area (Å²) in [6.45, 7) is 4.03. The average molecular weight is 490 g/mol. The van der Waals surface area contributed by atoms with Gasteiger partial charge in [-0.2, -0.15) is 0 Å². The zero-order valence-electron chi connectivity index (χ0n) is 19.9. The van der Waals surface area contributed by atoms with Crippen LogP contribution in [0.1, 0.15) is 28.4 Å². The number of nitrogens with one attached hydrogen (secondary N) is 2. The van der Waals surface area contributed by atoms with E-state index in [1.165, 1.54) is 0 Å². The molecule has 0 aliphatic heterocycles. The van der Waals surface area contributed by atoms with Gasteiger partial charge in [0.2, 0.25) is 0 Å². The van der Waals surface area contributed by atoms with Crippen LogP contribution in [0.25, 0.3) is 11.1 Å². The molecule has 4 rings (SSSR count). The van der Waals surface area contributed by atoms with Crippen molar-refractivity contribution in [3.8, 4) is 16.9 Å². The van der Waals surface area contributed by atoms with Gasteiger partial charge in [-0.15, -0.1) is 4.74 Å². The maximum atomic E-state index is 12.2. The van der Waals surface area contributed by atoms with Gasteiger partial charge in [-0.05, 0) is 59.5 Å². The van der Waals surface area contributed by atoms with Crippen molar-refractivity contribution < 1.29 is 18.8 Å². The lowest BCUT2D eigenvalue weighted by atomic mass is 10.0. The van der Waals surface area contributed by atoms with Crippen LogP contribution in [0, 0.1) is 0 Å². The Morgan fingerprint density at radius 1 is 0.972 bits per heavy atom. The van der Waals surface area contributed by atoms with E-state index in [0.717, 1.165) is 27.0 Å². The number of H-pyrrole nitrogens is 1. The second-order valence-electron chi connectivity index (χ2n) is 8.01. The summed E-state index contributed by atoms with van der Waals surface area (Å²) in [5, 5.41) is 2.84. The van der Waals surface area contributed by atoms with Crippen LogP contribution in [-0.2, 0) is 17.9 Å². The van der Waals surface area contributed by atoms with Crippen molar-refractivity contribution in [2.24, 2.45) is 0 Å². The van der Waals surface area contributed by atoms with Gasteiger partial charge in [0, 0.05) is 18.7 Å². The van der Waals surface area contributed by atoms with Crippen LogP contribution in [0.5, 0.6) is 5.75 Å². The fraction of sp³-hybridized carbons (Fsp3) is 0.222. The van der Waals surface area contributed by atoms with Crippen molar-refractivity contribution in [2.45, 2.75) is 20.1 Å². The lowest BCUT2D eigenvalue weighted by Gasteiger charge is -2.10. The maximum absolute atomic E-state index is 12.2. The molecule has 9 nitrogen and oxygen atoms in total. The monoisotopic (exact) mass is 489 g/mol. The minimum Gasteiger partial charge on any atom is -0.489 e. The Balaban J connectivity index is 1.33. The molecule has 2 N–H and O–H groups in total. The van der Waals surface area contributed by atoms with Crippen LogP contribution in [0.15, 0.2) is 86.9 Å². The Morgan fingerprint density at radius 3 is 2.44 bits per heavy atom. The SMILES string of the molecule is CCOCCNC(=O)c1ccc(-c2cccc(COc3ccc(Cn4oc(=O)[nH]c4=O)cc3)c2)cc1. The molecule has 1 heterocycles. The predicted molar refractivity (Wildman–Crippen MR) is 134 cm³/mol. The lowest BCUT2D eigenvalue weighted by molar-refractivity contribution is 0.0922. The van der Waals surface area contributed by atoms with E-state index in [-0.39, 0.29) is 12.5 Å². The van der Waals surface area contributed by atoms with Gasteiger partial charge in [0.15, 0.2) is 0 Å². The summed E-state index contributed by atoms with van der Waals surface area (Å²) in [6, 6.07) is 22.7. The van der Waals surface area contributed by atoms with E-state index in [2.05, 4.69) is 10.3 Å². The molecule has 0 saturated heterocycles. The minimum atomic E-state index is -0.781. The number of nitrogens with zero attached hydrogens (tertiary/aromatic N) is 1. The van der Waals surface area contributed by atoms with Crippen LogP contribution in [-0.4, -0.2) is 35.4 Å². The molecule has 186 valence electrons. The summed E-state index contributed by atoms with van der Waals surface area (Å²) >= 11 is 0. The molecule has 0 aliphatic rings. The van der Waals surface area contributed by atoms with Gasteiger partial charge in [0.1, 0.15) is 12.4 Å². The third kappa shape index (κ3) is 6.61. The van der Waals surface area contributed by atoms with Gasteiger partial charge >= 0.3 is 11.4 Å². The molecule has 1 aromatic heterocycles. The van der Waals surface area contributed by atoms with Gasteiger partial charge < -0.3 is 19.3 Å². The molecular weight excluding hydrogens is 462 g/mol. The highest BCUT2D eigenvalue weighted by molar-refractivity contribution is 5.94. The van der Waals surface area contributed by atoms with Gasteiger partial charge in [0.05, 0.1) is 13.2 Å². The van der Waals surface area contributed by atoms with Gasteiger partial charge in [0.25, 0.3) is 5.91 Å².